The van der Waals surface area contributed by atoms with Gasteiger partial charge in [-0.2, -0.15) is 0 Å². The maximum Gasteiger partial charge on any atom is 0.306 e. The van der Waals surface area contributed by atoms with E-state index in [1.165, 1.54) is 135 Å². The smallest absolute Gasteiger partial charge is 0.306 e. The van der Waals surface area contributed by atoms with Crippen LogP contribution in [-0.4, -0.2) is 12.1 Å². The number of carbonyl (C=O) groups is 1. The highest BCUT2D eigenvalue weighted by atomic mass is 16.5. The summed E-state index contributed by atoms with van der Waals surface area (Å²) in [6.07, 6.45) is 37.4. The number of unbranched alkanes of at least 4 members (excludes halogenated alkanes) is 11. The molecule has 10 atom stereocenters. The number of carbonyl (C=O) groups excluding carboxylic acids is 1. The van der Waals surface area contributed by atoms with Gasteiger partial charge in [-0.25, -0.2) is 0 Å². The first-order chi connectivity index (χ1) is 23.1. The highest BCUT2D eigenvalue weighted by molar-refractivity contribution is 5.69. The van der Waals surface area contributed by atoms with Crippen molar-refractivity contribution in [2.75, 3.05) is 0 Å². The molecule has 4 saturated carbocycles. The lowest BCUT2D eigenvalue weighted by Crippen LogP contribution is -2.54. The Balaban J connectivity index is 1.11. The van der Waals surface area contributed by atoms with E-state index in [-0.39, 0.29) is 12.1 Å². The molecule has 0 heterocycles. The van der Waals surface area contributed by atoms with Crippen molar-refractivity contribution in [3.8, 4) is 0 Å². The molecule has 0 N–H and O–H groups in total. The lowest BCUT2D eigenvalue weighted by Gasteiger charge is -2.61. The van der Waals surface area contributed by atoms with Gasteiger partial charge in [-0.3, -0.25) is 4.79 Å². The Bertz CT molecular complexity index is 952. The summed E-state index contributed by atoms with van der Waals surface area (Å²) in [7, 11) is 0. The summed E-state index contributed by atoms with van der Waals surface area (Å²) in [5, 5.41) is 0. The molecule has 4 aliphatic carbocycles. The molecule has 4 aliphatic rings. The second kappa shape index (κ2) is 19.7. The summed E-state index contributed by atoms with van der Waals surface area (Å²) >= 11 is 0. The third kappa shape index (κ3) is 10.6. The van der Waals surface area contributed by atoms with Gasteiger partial charge in [0.15, 0.2) is 0 Å². The Kier molecular flexibility index (Phi) is 16.4. The van der Waals surface area contributed by atoms with E-state index in [0.717, 1.165) is 66.6 Å². The van der Waals surface area contributed by atoms with E-state index in [0.29, 0.717) is 17.3 Å². The van der Waals surface area contributed by atoms with E-state index in [1.807, 2.05) is 0 Å². The second-order valence-electron chi connectivity index (χ2n) is 18.9. The number of hydrogen-bond acceptors (Lipinski definition) is 2. The predicted molar refractivity (Wildman–Crippen MR) is 207 cm³/mol. The molecule has 0 aromatic carbocycles. The zero-order valence-electron chi connectivity index (χ0n) is 33.3. The van der Waals surface area contributed by atoms with Gasteiger partial charge in [0, 0.05) is 6.42 Å². The van der Waals surface area contributed by atoms with E-state index in [9.17, 15) is 4.79 Å². The van der Waals surface area contributed by atoms with Crippen LogP contribution in [-0.2, 0) is 9.53 Å². The Labute approximate surface area is 300 Å². The van der Waals surface area contributed by atoms with E-state index in [2.05, 4.69) is 60.6 Å². The van der Waals surface area contributed by atoms with Gasteiger partial charge in [0.2, 0.25) is 0 Å². The molecule has 0 bridgehead atoms. The van der Waals surface area contributed by atoms with Gasteiger partial charge in [0.1, 0.15) is 6.10 Å². The van der Waals surface area contributed by atoms with Crippen LogP contribution in [0.3, 0.4) is 0 Å². The normalized spacial score (nSPS) is 34.5. The van der Waals surface area contributed by atoms with Crippen LogP contribution in [0.5, 0.6) is 0 Å². The van der Waals surface area contributed by atoms with E-state index >= 15 is 0 Å². The van der Waals surface area contributed by atoms with Crippen LogP contribution in [0.15, 0.2) is 12.2 Å². The Morgan fingerprint density at radius 2 is 1.33 bits per heavy atom. The molecular weight excluding hydrogens is 585 g/mol. The molecule has 0 amide bonds. The van der Waals surface area contributed by atoms with Crippen molar-refractivity contribution in [2.24, 2.45) is 58.2 Å². The maximum atomic E-state index is 12.8. The molecule has 0 aromatic rings. The van der Waals surface area contributed by atoms with Crippen LogP contribution in [0.25, 0.3) is 0 Å². The van der Waals surface area contributed by atoms with E-state index in [4.69, 9.17) is 4.74 Å². The van der Waals surface area contributed by atoms with Crippen LogP contribution in [0.2, 0.25) is 0 Å². The SMILES string of the molecule is CCCCCCCC/C=C/CCCCCCCC(=O)OC1CC[C@@]2(C)C(CC[C@H]3[C@@H]4CC[C@H]([C@H](C)CC[C@H](C)C(C)C)[C@@]4(C)CC[C@@H]32)C1. The van der Waals surface area contributed by atoms with Crippen LogP contribution >= 0.6 is 0 Å². The zero-order valence-corrected chi connectivity index (χ0v) is 33.3. The van der Waals surface area contributed by atoms with Crippen molar-refractivity contribution in [3.05, 3.63) is 12.2 Å². The van der Waals surface area contributed by atoms with Gasteiger partial charge in [-0.1, -0.05) is 125 Å². The van der Waals surface area contributed by atoms with Crippen molar-refractivity contribution >= 4 is 5.97 Å². The maximum absolute atomic E-state index is 12.8. The molecule has 4 rings (SSSR count). The highest BCUT2D eigenvalue weighted by Gasteiger charge is 2.60. The number of esters is 1. The molecule has 2 nitrogen and oxygen atoms in total. The minimum atomic E-state index is 0.0808. The molecule has 0 spiro atoms. The van der Waals surface area contributed by atoms with Crippen LogP contribution in [0.1, 0.15) is 209 Å². The minimum Gasteiger partial charge on any atom is -0.462 e. The fourth-order valence-corrected chi connectivity index (χ4v) is 11.9. The van der Waals surface area contributed by atoms with Crippen LogP contribution in [0, 0.1) is 58.2 Å². The van der Waals surface area contributed by atoms with Gasteiger partial charge >= 0.3 is 5.97 Å². The summed E-state index contributed by atoms with van der Waals surface area (Å²) in [6.45, 7) is 17.6. The third-order valence-electron chi connectivity index (χ3n) is 15.5. The molecule has 4 fully saturated rings. The average Bonchev–Trinajstić information content (AvgIpc) is 3.42. The molecule has 2 heteroatoms. The molecular formula is C46H82O2. The van der Waals surface area contributed by atoms with Gasteiger partial charge < -0.3 is 4.74 Å². The number of hydrogen-bond donors (Lipinski definition) is 0. The molecule has 48 heavy (non-hydrogen) atoms. The zero-order chi connectivity index (χ0) is 34.6. The van der Waals surface area contributed by atoms with Crippen molar-refractivity contribution in [3.63, 3.8) is 0 Å². The molecule has 278 valence electrons. The van der Waals surface area contributed by atoms with E-state index in [1.54, 1.807) is 0 Å². The Morgan fingerprint density at radius 3 is 2.02 bits per heavy atom. The second-order valence-corrected chi connectivity index (χ2v) is 18.9. The van der Waals surface area contributed by atoms with Crippen LogP contribution < -0.4 is 0 Å². The lowest BCUT2D eigenvalue weighted by molar-refractivity contribution is -0.162. The lowest BCUT2D eigenvalue weighted by atomic mass is 9.44. The number of rotatable bonds is 21. The molecule has 2 unspecified atom stereocenters. The van der Waals surface area contributed by atoms with Gasteiger partial charge in [0.05, 0.1) is 0 Å². The molecule has 0 radical (unpaired) electrons. The topological polar surface area (TPSA) is 26.3 Å². The van der Waals surface area contributed by atoms with Crippen molar-refractivity contribution in [2.45, 2.75) is 215 Å². The molecule has 0 aliphatic heterocycles. The summed E-state index contributed by atoms with van der Waals surface area (Å²) in [5.41, 5.74) is 1.04. The minimum absolute atomic E-state index is 0.0808. The summed E-state index contributed by atoms with van der Waals surface area (Å²) < 4.78 is 6.17. The van der Waals surface area contributed by atoms with Crippen molar-refractivity contribution in [1.29, 1.82) is 0 Å². The monoisotopic (exact) mass is 667 g/mol. The van der Waals surface area contributed by atoms with Gasteiger partial charge in [-0.15, -0.1) is 0 Å². The summed E-state index contributed by atoms with van der Waals surface area (Å²) in [6, 6.07) is 0. The van der Waals surface area contributed by atoms with Crippen LogP contribution in [0.4, 0.5) is 0 Å². The standard InChI is InChI=1S/C46H82O2/c1-8-9-10-11-12-13-14-15-16-17-18-19-20-21-22-23-44(47)48-39-30-32-45(6)38(34-39)26-27-40-42-29-28-41(46(42,7)33-31-43(40)45)37(5)25-24-36(4)35(2)3/h15-16,35-43H,8-14,17-34H2,1-7H3/b16-15+/t36-,37+,38?,39?,40-,41+,42-,43-,45-,46+/m0/s1. The highest BCUT2D eigenvalue weighted by Crippen LogP contribution is 2.68. The first kappa shape index (κ1) is 40.0. The average molecular weight is 667 g/mol. The Morgan fingerprint density at radius 1 is 0.708 bits per heavy atom. The first-order valence-corrected chi connectivity index (χ1v) is 21.9. The summed E-state index contributed by atoms with van der Waals surface area (Å²) in [4.78, 5) is 12.8. The first-order valence-electron chi connectivity index (χ1n) is 21.9. The largest absolute Gasteiger partial charge is 0.462 e. The number of allylic oxidation sites excluding steroid dienone is 2. The fraction of sp³-hybridized carbons (Fsp3) is 0.935. The molecule has 0 saturated heterocycles. The third-order valence-corrected chi connectivity index (χ3v) is 15.5. The number of fused-ring (bicyclic) bond motifs is 5. The number of ether oxygens (including phenoxy) is 1. The van der Waals surface area contributed by atoms with E-state index < -0.39 is 0 Å². The predicted octanol–water partition coefficient (Wildman–Crippen LogP) is 14.3. The Hall–Kier alpha value is -0.790. The van der Waals surface area contributed by atoms with Gasteiger partial charge in [0.25, 0.3) is 0 Å². The molecule has 0 aromatic heterocycles. The fourth-order valence-electron chi connectivity index (χ4n) is 11.9. The van der Waals surface area contributed by atoms with Crippen molar-refractivity contribution in [1.82, 2.24) is 0 Å². The van der Waals surface area contributed by atoms with Crippen molar-refractivity contribution < 1.29 is 9.53 Å². The summed E-state index contributed by atoms with van der Waals surface area (Å²) in [5.74, 6) is 7.10. The quantitative estimate of drug-likeness (QED) is 0.0692. The van der Waals surface area contributed by atoms with Gasteiger partial charge in [-0.05, 0) is 148 Å².